The molecule has 27 heavy (non-hydrogen) atoms. The molecule has 0 unspecified atom stereocenters. The van der Waals surface area contributed by atoms with Crippen molar-refractivity contribution >= 4 is 10.9 Å². The second-order valence-electron chi connectivity index (χ2n) is 8.47. The number of nitrogens with zero attached hydrogens (tertiary/aromatic N) is 2. The van der Waals surface area contributed by atoms with Gasteiger partial charge in [-0.1, -0.05) is 32.8 Å². The fraction of sp³-hybridized carbons (Fsp3) is 0.560. The van der Waals surface area contributed by atoms with Crippen molar-refractivity contribution in [2.45, 2.75) is 84.6 Å². The summed E-state index contributed by atoms with van der Waals surface area (Å²) in [4.78, 5) is 7.69. The Hall–Kier alpha value is -1.83. The summed E-state index contributed by atoms with van der Waals surface area (Å²) in [5.74, 6) is 0.723. The third-order valence-electron chi connectivity index (χ3n) is 6.37. The normalized spacial score (nSPS) is 16.6. The number of benzene rings is 1. The maximum absolute atomic E-state index is 5.25. The summed E-state index contributed by atoms with van der Waals surface area (Å²) in [6.07, 6.45) is 14.6. The molecule has 2 nitrogen and oxygen atoms in total. The lowest BCUT2D eigenvalue weighted by molar-refractivity contribution is 0.399. The van der Waals surface area contributed by atoms with Crippen molar-refractivity contribution in [3.63, 3.8) is 0 Å². The second kappa shape index (κ2) is 8.04. The van der Waals surface area contributed by atoms with Gasteiger partial charge in [0.1, 0.15) is 0 Å². The molecule has 1 aromatic carbocycles. The van der Waals surface area contributed by atoms with Gasteiger partial charge in [0.05, 0.1) is 5.52 Å². The molecule has 0 amide bonds. The number of pyridine rings is 1. The Labute approximate surface area is 164 Å². The van der Waals surface area contributed by atoms with Crippen molar-refractivity contribution < 1.29 is 0 Å². The summed E-state index contributed by atoms with van der Waals surface area (Å²) in [6.45, 7) is 9.09. The van der Waals surface area contributed by atoms with E-state index in [0.717, 1.165) is 25.4 Å². The first-order chi connectivity index (χ1) is 13.2. The molecule has 0 radical (unpaired) electrons. The van der Waals surface area contributed by atoms with Crippen LogP contribution in [0.1, 0.15) is 86.2 Å². The quantitative estimate of drug-likeness (QED) is 0.503. The second-order valence-corrected chi connectivity index (χ2v) is 8.47. The van der Waals surface area contributed by atoms with Crippen molar-refractivity contribution in [3.05, 3.63) is 52.4 Å². The summed E-state index contributed by atoms with van der Waals surface area (Å²) in [7, 11) is 0. The average molecular weight is 363 g/mol. The van der Waals surface area contributed by atoms with E-state index in [9.17, 15) is 0 Å². The Morgan fingerprint density at radius 2 is 1.96 bits per heavy atom. The lowest BCUT2D eigenvalue weighted by atomic mass is 9.92. The smallest absolute Gasteiger partial charge is 0.0711 e. The van der Waals surface area contributed by atoms with Gasteiger partial charge in [0.2, 0.25) is 0 Å². The van der Waals surface area contributed by atoms with Crippen LogP contribution >= 0.6 is 0 Å². The number of aromatic nitrogens is 1. The topological polar surface area (TPSA) is 16.1 Å². The largest absolute Gasteiger partial charge is 0.373 e. The maximum atomic E-state index is 5.25. The van der Waals surface area contributed by atoms with Crippen molar-refractivity contribution in [2.24, 2.45) is 0 Å². The maximum Gasteiger partial charge on any atom is 0.0711 e. The lowest BCUT2D eigenvalue weighted by Gasteiger charge is -2.20. The zero-order valence-corrected chi connectivity index (χ0v) is 17.4. The molecule has 0 bridgehead atoms. The van der Waals surface area contributed by atoms with E-state index in [4.69, 9.17) is 4.98 Å². The van der Waals surface area contributed by atoms with E-state index in [1.54, 1.807) is 5.56 Å². The molecular weight excluding hydrogens is 328 g/mol. The lowest BCUT2D eigenvalue weighted by Crippen LogP contribution is -2.15. The monoisotopic (exact) mass is 362 g/mol. The molecular formula is C25H34N2. The molecule has 2 aromatic rings. The van der Waals surface area contributed by atoms with Crippen LogP contribution < -0.4 is 0 Å². The van der Waals surface area contributed by atoms with Crippen molar-refractivity contribution in [1.82, 2.24) is 9.88 Å². The average Bonchev–Trinajstić information content (AvgIpc) is 3.40. The van der Waals surface area contributed by atoms with Gasteiger partial charge in [-0.05, 0) is 86.0 Å². The van der Waals surface area contributed by atoms with E-state index in [-0.39, 0.29) is 0 Å². The van der Waals surface area contributed by atoms with Gasteiger partial charge >= 0.3 is 0 Å². The minimum atomic E-state index is 0.723. The molecule has 4 rings (SSSR count). The third kappa shape index (κ3) is 3.90. The summed E-state index contributed by atoms with van der Waals surface area (Å²) in [5, 5.41) is 1.39. The number of hydrogen-bond donors (Lipinski definition) is 0. The number of unbranched alkanes of at least 4 members (excludes halogenated alkanes) is 2. The number of fused-ring (bicyclic) bond motifs is 1. The Morgan fingerprint density at radius 1 is 1.11 bits per heavy atom. The van der Waals surface area contributed by atoms with Gasteiger partial charge in [-0.25, -0.2) is 0 Å². The van der Waals surface area contributed by atoms with Gasteiger partial charge in [0.25, 0.3) is 0 Å². The van der Waals surface area contributed by atoms with Gasteiger partial charge in [0.15, 0.2) is 0 Å². The molecule has 1 aliphatic heterocycles. The van der Waals surface area contributed by atoms with Gasteiger partial charge < -0.3 is 4.90 Å². The molecule has 144 valence electrons. The zero-order chi connectivity index (χ0) is 18.8. The van der Waals surface area contributed by atoms with E-state index in [2.05, 4.69) is 50.1 Å². The fourth-order valence-corrected chi connectivity index (χ4v) is 4.55. The minimum absolute atomic E-state index is 0.723. The minimum Gasteiger partial charge on any atom is -0.373 e. The van der Waals surface area contributed by atoms with Crippen LogP contribution in [-0.2, 0) is 19.4 Å². The molecule has 1 fully saturated rings. The molecule has 0 N–H and O–H groups in total. The highest BCUT2D eigenvalue weighted by atomic mass is 15.1. The molecule has 2 heteroatoms. The van der Waals surface area contributed by atoms with Crippen LogP contribution in [0.3, 0.4) is 0 Å². The third-order valence-corrected chi connectivity index (χ3v) is 6.37. The first-order valence-electron chi connectivity index (χ1n) is 11.1. The predicted octanol–water partition coefficient (Wildman–Crippen LogP) is 6.44. The van der Waals surface area contributed by atoms with Gasteiger partial charge in [-0.15, -0.1) is 0 Å². The molecule has 0 atom stereocenters. The fourth-order valence-electron chi connectivity index (χ4n) is 4.55. The molecule has 0 spiro atoms. The summed E-state index contributed by atoms with van der Waals surface area (Å²) >= 11 is 0. The van der Waals surface area contributed by atoms with Crippen molar-refractivity contribution in [1.29, 1.82) is 0 Å². The first kappa shape index (κ1) is 18.5. The van der Waals surface area contributed by atoms with Crippen LogP contribution in [0.5, 0.6) is 0 Å². The molecule has 1 aromatic heterocycles. The van der Waals surface area contributed by atoms with Crippen molar-refractivity contribution in [2.75, 3.05) is 6.54 Å². The van der Waals surface area contributed by atoms with Crippen LogP contribution in [0, 0.1) is 6.92 Å². The number of rotatable bonds is 8. The first-order valence-corrected chi connectivity index (χ1v) is 11.1. The van der Waals surface area contributed by atoms with Crippen LogP contribution in [0.4, 0.5) is 0 Å². The SMILES string of the molecule is CCCCCc1c(C2CC2)nc2cc(CN3C=CCC3)c(CC)cc2c1C. The summed E-state index contributed by atoms with van der Waals surface area (Å²) in [6, 6.07) is 4.85. The van der Waals surface area contributed by atoms with Crippen LogP contribution in [0.15, 0.2) is 24.4 Å². The van der Waals surface area contributed by atoms with E-state index in [0.29, 0.717) is 0 Å². The Morgan fingerprint density at radius 3 is 2.63 bits per heavy atom. The van der Waals surface area contributed by atoms with Crippen molar-refractivity contribution in [3.8, 4) is 0 Å². The Bertz CT molecular complexity index is 845. The standard InChI is InChI=1S/C25H34N2/c1-4-6-7-10-22-18(3)23-15-19(5-2)21(17-27-13-8-9-14-27)16-24(23)26-25(22)20-11-12-20/h8,13,15-16,20H,4-7,9-12,14,17H2,1-3H3. The molecule has 1 aliphatic carbocycles. The van der Waals surface area contributed by atoms with E-state index in [1.807, 2.05) is 0 Å². The van der Waals surface area contributed by atoms with E-state index >= 15 is 0 Å². The van der Waals surface area contributed by atoms with E-state index < -0.39 is 0 Å². The highest BCUT2D eigenvalue weighted by Crippen LogP contribution is 2.43. The summed E-state index contributed by atoms with van der Waals surface area (Å²) < 4.78 is 0. The van der Waals surface area contributed by atoms with Crippen LogP contribution in [-0.4, -0.2) is 16.4 Å². The molecule has 0 saturated heterocycles. The highest BCUT2D eigenvalue weighted by Gasteiger charge is 2.29. The molecule has 2 aliphatic rings. The summed E-state index contributed by atoms with van der Waals surface area (Å²) in [5.41, 5.74) is 8.67. The Kier molecular flexibility index (Phi) is 5.52. The van der Waals surface area contributed by atoms with Crippen LogP contribution in [0.2, 0.25) is 0 Å². The molecule has 2 heterocycles. The van der Waals surface area contributed by atoms with Gasteiger partial charge in [0, 0.05) is 30.1 Å². The van der Waals surface area contributed by atoms with Crippen LogP contribution in [0.25, 0.3) is 10.9 Å². The van der Waals surface area contributed by atoms with Gasteiger partial charge in [-0.2, -0.15) is 0 Å². The zero-order valence-electron chi connectivity index (χ0n) is 17.4. The van der Waals surface area contributed by atoms with Gasteiger partial charge in [-0.3, -0.25) is 4.98 Å². The number of aryl methyl sites for hydroxylation is 2. The Balaban J connectivity index is 1.76. The number of hydrogen-bond acceptors (Lipinski definition) is 2. The highest BCUT2D eigenvalue weighted by molar-refractivity contribution is 5.85. The predicted molar refractivity (Wildman–Crippen MR) is 115 cm³/mol. The molecule has 1 saturated carbocycles. The van der Waals surface area contributed by atoms with E-state index in [1.165, 1.54) is 78.2 Å².